The Kier molecular flexibility index (Phi) is 5.31. The van der Waals surface area contributed by atoms with Gasteiger partial charge in [0.25, 0.3) is 0 Å². The van der Waals surface area contributed by atoms with Crippen molar-refractivity contribution in [3.8, 4) is 51.6 Å². The first-order valence-electron chi connectivity index (χ1n) is 8.35. The lowest BCUT2D eigenvalue weighted by Crippen LogP contribution is -2.07. The molecule has 154 valence electrons. The number of methoxy groups -OCH3 is 5. The topological polar surface area (TPSA) is 117 Å². The minimum atomic E-state index is -0.742. The Balaban J connectivity index is 2.44. The van der Waals surface area contributed by atoms with E-state index in [1.54, 1.807) is 0 Å². The third-order valence-corrected chi connectivity index (χ3v) is 4.41. The standard InChI is InChI=1S/C20H20O9/c1-24-11-7-10(21)12(25-2)6-9(11)18-17(23)16(22)15-13(29-18)8-14(26-3)19(27-4)20(15)28-5/h6-8,21,23H,1-5H3. The zero-order valence-corrected chi connectivity index (χ0v) is 16.5. The normalized spacial score (nSPS) is 10.7. The molecule has 0 spiro atoms. The quantitative estimate of drug-likeness (QED) is 0.639. The van der Waals surface area contributed by atoms with Gasteiger partial charge < -0.3 is 38.3 Å². The highest BCUT2D eigenvalue weighted by atomic mass is 16.5. The Hall–Kier alpha value is -3.75. The summed E-state index contributed by atoms with van der Waals surface area (Å²) in [4.78, 5) is 13.0. The van der Waals surface area contributed by atoms with Crippen molar-refractivity contribution in [2.24, 2.45) is 0 Å². The number of benzene rings is 2. The first kappa shape index (κ1) is 20.0. The second-order valence-electron chi connectivity index (χ2n) is 5.85. The van der Waals surface area contributed by atoms with Gasteiger partial charge in [0, 0.05) is 12.1 Å². The first-order chi connectivity index (χ1) is 13.9. The van der Waals surface area contributed by atoms with E-state index in [-0.39, 0.29) is 56.8 Å². The summed E-state index contributed by atoms with van der Waals surface area (Å²) in [5.41, 5.74) is -0.452. The Bertz CT molecular complexity index is 1130. The van der Waals surface area contributed by atoms with Crippen LogP contribution in [0.2, 0.25) is 0 Å². The molecular formula is C20H20O9. The fourth-order valence-electron chi connectivity index (χ4n) is 3.05. The molecule has 0 aliphatic heterocycles. The highest BCUT2D eigenvalue weighted by Gasteiger charge is 2.26. The fraction of sp³-hybridized carbons (Fsp3) is 0.250. The molecule has 3 rings (SSSR count). The number of fused-ring (bicyclic) bond motifs is 1. The zero-order valence-electron chi connectivity index (χ0n) is 16.5. The third kappa shape index (κ3) is 3.10. The van der Waals surface area contributed by atoms with Gasteiger partial charge in [-0.25, -0.2) is 0 Å². The summed E-state index contributed by atoms with van der Waals surface area (Å²) in [6.07, 6.45) is 0. The number of hydrogen-bond donors (Lipinski definition) is 2. The minimum Gasteiger partial charge on any atom is -0.504 e. The van der Waals surface area contributed by atoms with E-state index in [1.165, 1.54) is 53.7 Å². The molecule has 0 amide bonds. The number of phenolic OH excluding ortho intramolecular Hbond substituents is 1. The lowest BCUT2D eigenvalue weighted by atomic mass is 10.1. The van der Waals surface area contributed by atoms with Crippen LogP contribution in [0.1, 0.15) is 0 Å². The van der Waals surface area contributed by atoms with Crippen molar-refractivity contribution in [1.82, 2.24) is 0 Å². The summed E-state index contributed by atoms with van der Waals surface area (Å²) < 4.78 is 32.1. The van der Waals surface area contributed by atoms with E-state index < -0.39 is 11.2 Å². The van der Waals surface area contributed by atoms with Gasteiger partial charge in [0.05, 0.1) is 41.1 Å². The lowest BCUT2D eigenvalue weighted by molar-refractivity contribution is 0.326. The van der Waals surface area contributed by atoms with Crippen LogP contribution in [0.5, 0.6) is 40.2 Å². The van der Waals surface area contributed by atoms with E-state index >= 15 is 0 Å². The summed E-state index contributed by atoms with van der Waals surface area (Å²) >= 11 is 0. The maximum Gasteiger partial charge on any atom is 0.238 e. The molecule has 29 heavy (non-hydrogen) atoms. The van der Waals surface area contributed by atoms with Gasteiger partial charge in [0.1, 0.15) is 16.7 Å². The molecule has 0 fully saturated rings. The van der Waals surface area contributed by atoms with Crippen LogP contribution in [0, 0.1) is 0 Å². The van der Waals surface area contributed by atoms with Crippen molar-refractivity contribution in [2.45, 2.75) is 0 Å². The van der Waals surface area contributed by atoms with Gasteiger partial charge in [-0.05, 0) is 6.07 Å². The summed E-state index contributed by atoms with van der Waals surface area (Å²) in [6, 6.07) is 4.12. The van der Waals surface area contributed by atoms with Gasteiger partial charge in [-0.2, -0.15) is 0 Å². The van der Waals surface area contributed by atoms with Crippen molar-refractivity contribution in [3.63, 3.8) is 0 Å². The maximum absolute atomic E-state index is 13.0. The lowest BCUT2D eigenvalue weighted by Gasteiger charge is -2.16. The first-order valence-corrected chi connectivity index (χ1v) is 8.35. The van der Waals surface area contributed by atoms with Gasteiger partial charge in [-0.15, -0.1) is 0 Å². The van der Waals surface area contributed by atoms with E-state index in [9.17, 15) is 15.0 Å². The SMILES string of the molecule is COc1cc(-c2oc3cc(OC)c(OC)c(OC)c3c(=O)c2O)c(OC)cc1O. The molecule has 0 saturated heterocycles. The Morgan fingerprint density at radius 2 is 1.38 bits per heavy atom. The summed E-state index contributed by atoms with van der Waals surface area (Å²) in [6.45, 7) is 0. The second-order valence-corrected chi connectivity index (χ2v) is 5.85. The smallest absolute Gasteiger partial charge is 0.238 e. The van der Waals surface area contributed by atoms with E-state index in [1.807, 2.05) is 0 Å². The van der Waals surface area contributed by atoms with Gasteiger partial charge in [0.2, 0.25) is 16.9 Å². The van der Waals surface area contributed by atoms with Gasteiger partial charge in [-0.1, -0.05) is 0 Å². The zero-order chi connectivity index (χ0) is 21.3. The van der Waals surface area contributed by atoms with E-state index in [4.69, 9.17) is 28.1 Å². The largest absolute Gasteiger partial charge is 0.504 e. The second kappa shape index (κ2) is 7.70. The van der Waals surface area contributed by atoms with Crippen LogP contribution in [0.4, 0.5) is 0 Å². The van der Waals surface area contributed by atoms with Crippen LogP contribution in [0.3, 0.4) is 0 Å². The molecular weight excluding hydrogens is 384 g/mol. The molecule has 1 heterocycles. The van der Waals surface area contributed by atoms with Crippen LogP contribution in [0.15, 0.2) is 27.4 Å². The van der Waals surface area contributed by atoms with Crippen molar-refractivity contribution in [3.05, 3.63) is 28.4 Å². The van der Waals surface area contributed by atoms with E-state index in [2.05, 4.69) is 0 Å². The Morgan fingerprint density at radius 3 is 1.93 bits per heavy atom. The molecule has 9 nitrogen and oxygen atoms in total. The van der Waals surface area contributed by atoms with Crippen molar-refractivity contribution in [1.29, 1.82) is 0 Å². The Morgan fingerprint density at radius 1 is 0.759 bits per heavy atom. The number of aromatic hydroxyl groups is 2. The number of rotatable bonds is 6. The van der Waals surface area contributed by atoms with Crippen molar-refractivity contribution < 1.29 is 38.3 Å². The molecule has 3 aromatic rings. The fourth-order valence-corrected chi connectivity index (χ4v) is 3.05. The van der Waals surface area contributed by atoms with Crippen LogP contribution in [0.25, 0.3) is 22.3 Å². The molecule has 0 saturated carbocycles. The molecule has 0 aliphatic carbocycles. The van der Waals surface area contributed by atoms with E-state index in [0.29, 0.717) is 0 Å². The van der Waals surface area contributed by atoms with Crippen LogP contribution in [-0.2, 0) is 0 Å². The average molecular weight is 404 g/mol. The highest BCUT2D eigenvalue weighted by Crippen LogP contribution is 2.46. The summed E-state index contributed by atoms with van der Waals surface area (Å²) in [7, 11) is 6.92. The van der Waals surface area contributed by atoms with E-state index in [0.717, 1.165) is 0 Å². The number of phenols is 1. The van der Waals surface area contributed by atoms with Crippen molar-refractivity contribution in [2.75, 3.05) is 35.5 Å². The highest BCUT2D eigenvalue weighted by molar-refractivity contribution is 5.92. The van der Waals surface area contributed by atoms with Crippen LogP contribution < -0.4 is 29.1 Å². The van der Waals surface area contributed by atoms with Gasteiger partial charge >= 0.3 is 0 Å². The molecule has 0 bridgehead atoms. The number of hydrogen-bond acceptors (Lipinski definition) is 9. The third-order valence-electron chi connectivity index (χ3n) is 4.41. The number of ether oxygens (including phenoxy) is 5. The molecule has 0 atom stereocenters. The summed E-state index contributed by atoms with van der Waals surface area (Å²) in [5.74, 6) is -0.239. The average Bonchev–Trinajstić information content (AvgIpc) is 2.74. The maximum atomic E-state index is 13.0. The molecule has 0 aliphatic rings. The van der Waals surface area contributed by atoms with Gasteiger partial charge in [0.15, 0.2) is 28.8 Å². The summed E-state index contributed by atoms with van der Waals surface area (Å²) in [5, 5.41) is 20.6. The molecule has 2 N–H and O–H groups in total. The predicted octanol–water partition coefficient (Wildman–Crippen LogP) is 2.91. The minimum absolute atomic E-state index is 0.0175. The molecule has 0 radical (unpaired) electrons. The van der Waals surface area contributed by atoms with Crippen LogP contribution in [-0.4, -0.2) is 45.8 Å². The monoisotopic (exact) mass is 404 g/mol. The Labute approximate surface area is 165 Å². The molecule has 2 aromatic carbocycles. The van der Waals surface area contributed by atoms with Crippen LogP contribution >= 0.6 is 0 Å². The van der Waals surface area contributed by atoms with Gasteiger partial charge in [-0.3, -0.25) is 4.79 Å². The molecule has 9 heteroatoms. The van der Waals surface area contributed by atoms with Crippen molar-refractivity contribution >= 4 is 11.0 Å². The predicted molar refractivity (Wildman–Crippen MR) is 104 cm³/mol. The molecule has 1 aromatic heterocycles. The molecule has 0 unspecified atom stereocenters.